The highest BCUT2D eigenvalue weighted by Gasteiger charge is 2.23. The van der Waals surface area contributed by atoms with E-state index >= 15 is 0 Å². The number of carbonyl (C=O) groups excluding carboxylic acids is 1. The Morgan fingerprint density at radius 3 is 2.53 bits per heavy atom. The number of anilines is 1. The number of hydrogen-bond acceptors (Lipinski definition) is 4. The van der Waals surface area contributed by atoms with Crippen LogP contribution >= 0.6 is 0 Å². The molecule has 2 N–H and O–H groups in total. The van der Waals surface area contributed by atoms with Crippen molar-refractivity contribution in [2.75, 3.05) is 31.6 Å². The summed E-state index contributed by atoms with van der Waals surface area (Å²) in [5, 5.41) is 13.7. The molecule has 1 atom stereocenters. The van der Waals surface area contributed by atoms with E-state index in [0.717, 1.165) is 75.3 Å². The average molecular weight is 467 g/mol. The van der Waals surface area contributed by atoms with Crippen LogP contribution in [0.25, 0.3) is 0 Å². The number of unbranched alkanes of at least 4 members (excludes halogenated alkanes) is 2. The number of morpholine rings is 1. The quantitative estimate of drug-likeness (QED) is 0.408. The summed E-state index contributed by atoms with van der Waals surface area (Å²) in [5.41, 5.74) is 4.01. The molecule has 1 fully saturated rings. The molecule has 1 unspecified atom stereocenters. The lowest BCUT2D eigenvalue weighted by Crippen LogP contribution is -2.35. The monoisotopic (exact) mass is 466 g/mol. The molecule has 0 radical (unpaired) electrons. The van der Waals surface area contributed by atoms with Crippen LogP contribution in [0.3, 0.4) is 0 Å². The van der Waals surface area contributed by atoms with Gasteiger partial charge in [0.15, 0.2) is 0 Å². The number of phenolic OH excluding ortho intramolecular Hbond substituents is 1. The molecule has 186 valence electrons. The number of benzene rings is 2. The first-order chi connectivity index (χ1) is 16.3. The second kappa shape index (κ2) is 12.4. The Bertz CT molecular complexity index is 929. The van der Waals surface area contributed by atoms with Gasteiger partial charge in [0.05, 0.1) is 13.2 Å². The van der Waals surface area contributed by atoms with Gasteiger partial charge >= 0.3 is 0 Å². The number of rotatable bonds is 10. The summed E-state index contributed by atoms with van der Waals surface area (Å²) in [6.07, 6.45) is 4.56. The Morgan fingerprint density at radius 2 is 1.85 bits per heavy atom. The van der Waals surface area contributed by atoms with Gasteiger partial charge in [-0.3, -0.25) is 9.69 Å². The van der Waals surface area contributed by atoms with Crippen LogP contribution in [0.2, 0.25) is 0 Å². The van der Waals surface area contributed by atoms with E-state index in [1.165, 1.54) is 5.56 Å². The molecule has 2 aromatic rings. The molecule has 0 aliphatic carbocycles. The highest BCUT2D eigenvalue weighted by atomic mass is 16.5. The first-order valence-corrected chi connectivity index (χ1v) is 12.8. The second-order valence-corrected chi connectivity index (χ2v) is 10.5. The van der Waals surface area contributed by atoms with Crippen molar-refractivity contribution in [3.63, 3.8) is 0 Å². The predicted molar refractivity (Wildman–Crippen MR) is 139 cm³/mol. The Morgan fingerprint density at radius 1 is 1.12 bits per heavy atom. The van der Waals surface area contributed by atoms with Crippen molar-refractivity contribution in [3.05, 3.63) is 59.2 Å². The van der Waals surface area contributed by atoms with Crippen molar-refractivity contribution < 1.29 is 14.6 Å². The lowest BCUT2D eigenvalue weighted by atomic mass is 9.84. The molecule has 0 saturated carbocycles. The number of hydrogen-bond donors (Lipinski definition) is 2. The van der Waals surface area contributed by atoms with Gasteiger partial charge in [0.2, 0.25) is 5.91 Å². The molecule has 2 aromatic carbocycles. The highest BCUT2D eigenvalue weighted by molar-refractivity contribution is 5.92. The van der Waals surface area contributed by atoms with Crippen LogP contribution in [-0.4, -0.2) is 42.2 Å². The van der Waals surface area contributed by atoms with Crippen molar-refractivity contribution in [1.82, 2.24) is 4.90 Å². The molecule has 1 saturated heterocycles. The zero-order valence-corrected chi connectivity index (χ0v) is 21.4. The van der Waals surface area contributed by atoms with Crippen LogP contribution in [0.1, 0.15) is 82.4 Å². The summed E-state index contributed by atoms with van der Waals surface area (Å²) in [6, 6.07) is 13.9. The van der Waals surface area contributed by atoms with Gasteiger partial charge in [-0.1, -0.05) is 77.3 Å². The number of amides is 1. The fourth-order valence-corrected chi connectivity index (χ4v) is 4.73. The minimum Gasteiger partial charge on any atom is -0.508 e. The number of nitrogens with zero attached hydrogens (tertiary/aromatic N) is 1. The fraction of sp³-hybridized carbons (Fsp3) is 0.552. The van der Waals surface area contributed by atoms with Gasteiger partial charge in [-0.2, -0.15) is 0 Å². The summed E-state index contributed by atoms with van der Waals surface area (Å²) in [4.78, 5) is 15.7. The second-order valence-electron chi connectivity index (χ2n) is 10.5. The third kappa shape index (κ3) is 7.57. The molecule has 0 spiro atoms. The minimum atomic E-state index is -0.0850. The highest BCUT2D eigenvalue weighted by Crippen LogP contribution is 2.34. The number of nitrogens with one attached hydrogen (secondary N) is 1. The number of aromatic hydroxyl groups is 1. The SMILES string of the molecule is CCCCCC(CC(=O)Nc1cc(CN2CCOCC2)ccc1C(C)(C)C)c1ccccc1O. The van der Waals surface area contributed by atoms with E-state index in [0.29, 0.717) is 6.42 Å². The van der Waals surface area contributed by atoms with Gasteiger partial charge in [-0.05, 0) is 46.6 Å². The molecule has 34 heavy (non-hydrogen) atoms. The van der Waals surface area contributed by atoms with Crippen LogP contribution in [0.15, 0.2) is 42.5 Å². The summed E-state index contributed by atoms with van der Waals surface area (Å²) < 4.78 is 5.48. The normalized spacial score (nSPS) is 15.8. The summed E-state index contributed by atoms with van der Waals surface area (Å²) in [7, 11) is 0. The predicted octanol–water partition coefficient (Wildman–Crippen LogP) is 6.21. The fourth-order valence-electron chi connectivity index (χ4n) is 4.73. The molecule has 1 aliphatic heterocycles. The minimum absolute atomic E-state index is 0.00114. The number of ether oxygens (including phenoxy) is 1. The van der Waals surface area contributed by atoms with Gasteiger partial charge in [0.1, 0.15) is 5.75 Å². The molecular formula is C29H42N2O3. The van der Waals surface area contributed by atoms with Crippen LogP contribution in [0.4, 0.5) is 5.69 Å². The number of phenols is 1. The number of carbonyl (C=O) groups is 1. The van der Waals surface area contributed by atoms with Gasteiger partial charge in [0.25, 0.3) is 0 Å². The zero-order valence-electron chi connectivity index (χ0n) is 21.4. The van der Waals surface area contributed by atoms with Crippen LogP contribution in [-0.2, 0) is 21.5 Å². The van der Waals surface area contributed by atoms with Gasteiger partial charge in [-0.15, -0.1) is 0 Å². The lowest BCUT2D eigenvalue weighted by Gasteiger charge is -2.28. The maximum atomic E-state index is 13.3. The van der Waals surface area contributed by atoms with E-state index in [1.807, 2.05) is 18.2 Å². The van der Waals surface area contributed by atoms with Gasteiger partial charge in [-0.25, -0.2) is 0 Å². The third-order valence-corrected chi connectivity index (χ3v) is 6.64. The lowest BCUT2D eigenvalue weighted by molar-refractivity contribution is -0.116. The molecule has 0 aromatic heterocycles. The molecule has 3 rings (SSSR count). The van der Waals surface area contributed by atoms with Gasteiger partial charge in [0, 0.05) is 31.7 Å². The standard InChI is InChI=1S/C29H42N2O3/c1-5-6-7-10-23(24-11-8-9-12-27(24)32)20-28(33)30-26-19-22(13-14-25(26)29(2,3)4)21-31-15-17-34-18-16-31/h8-9,11-14,19,23,32H,5-7,10,15-18,20-21H2,1-4H3,(H,30,33). The first kappa shape index (κ1) is 26.2. The largest absolute Gasteiger partial charge is 0.508 e. The van der Waals surface area contributed by atoms with Crippen molar-refractivity contribution in [2.24, 2.45) is 0 Å². The molecule has 0 bridgehead atoms. The average Bonchev–Trinajstić information content (AvgIpc) is 2.79. The summed E-state index contributed by atoms with van der Waals surface area (Å²) >= 11 is 0. The Labute approximate surface area is 205 Å². The Kier molecular flexibility index (Phi) is 9.54. The van der Waals surface area contributed by atoms with E-state index in [9.17, 15) is 9.90 Å². The van der Waals surface area contributed by atoms with E-state index in [-0.39, 0.29) is 23.0 Å². The van der Waals surface area contributed by atoms with Crippen molar-refractivity contribution in [1.29, 1.82) is 0 Å². The van der Waals surface area contributed by atoms with Crippen LogP contribution in [0.5, 0.6) is 5.75 Å². The number of para-hydroxylation sites is 1. The van der Waals surface area contributed by atoms with Crippen molar-refractivity contribution in [3.8, 4) is 5.75 Å². The first-order valence-electron chi connectivity index (χ1n) is 12.8. The van der Waals surface area contributed by atoms with E-state index in [4.69, 9.17) is 4.74 Å². The van der Waals surface area contributed by atoms with E-state index in [2.05, 4.69) is 56.1 Å². The van der Waals surface area contributed by atoms with E-state index in [1.54, 1.807) is 6.07 Å². The molecule has 1 aliphatic rings. The Balaban J connectivity index is 1.78. The summed E-state index contributed by atoms with van der Waals surface area (Å²) in [6.45, 7) is 13.0. The topological polar surface area (TPSA) is 61.8 Å². The molecular weight excluding hydrogens is 424 g/mol. The smallest absolute Gasteiger partial charge is 0.224 e. The third-order valence-electron chi connectivity index (χ3n) is 6.64. The van der Waals surface area contributed by atoms with Gasteiger partial charge < -0.3 is 15.2 Å². The Hall–Kier alpha value is -2.37. The molecule has 5 nitrogen and oxygen atoms in total. The molecule has 5 heteroatoms. The van der Waals surface area contributed by atoms with Crippen LogP contribution < -0.4 is 5.32 Å². The maximum Gasteiger partial charge on any atom is 0.224 e. The van der Waals surface area contributed by atoms with Crippen molar-refractivity contribution >= 4 is 11.6 Å². The zero-order chi connectivity index (χ0) is 24.6. The maximum absolute atomic E-state index is 13.3. The molecule has 1 heterocycles. The molecule has 1 amide bonds. The van der Waals surface area contributed by atoms with E-state index < -0.39 is 0 Å². The van der Waals surface area contributed by atoms with Crippen molar-refractivity contribution in [2.45, 2.75) is 77.7 Å². The van der Waals surface area contributed by atoms with Crippen LogP contribution in [0, 0.1) is 0 Å². The summed E-state index contributed by atoms with van der Waals surface area (Å²) in [5.74, 6) is 0.279.